The molecular weight excluding hydrogens is 322 g/mol. The van der Waals surface area contributed by atoms with Gasteiger partial charge in [0.25, 0.3) is 0 Å². The van der Waals surface area contributed by atoms with Crippen LogP contribution in [0.3, 0.4) is 0 Å². The van der Waals surface area contributed by atoms with Crippen molar-refractivity contribution in [3.8, 4) is 0 Å². The van der Waals surface area contributed by atoms with Gasteiger partial charge in [-0.1, -0.05) is 0 Å². The summed E-state index contributed by atoms with van der Waals surface area (Å²) in [7, 11) is 1.97. The lowest BCUT2D eigenvalue weighted by Crippen LogP contribution is -2.47. The van der Waals surface area contributed by atoms with Gasteiger partial charge in [0.1, 0.15) is 0 Å². The van der Waals surface area contributed by atoms with E-state index in [1.165, 1.54) is 12.8 Å². The first-order valence-electron chi connectivity index (χ1n) is 8.69. The normalized spacial score (nSPS) is 27.8. The highest BCUT2D eigenvalue weighted by atomic mass is 32.1. The summed E-state index contributed by atoms with van der Waals surface area (Å²) >= 11 is 1.66. The van der Waals surface area contributed by atoms with Gasteiger partial charge in [-0.15, -0.1) is 11.3 Å². The molecule has 2 fully saturated rings. The molecule has 7 heteroatoms. The molecule has 24 heavy (non-hydrogen) atoms. The predicted molar refractivity (Wildman–Crippen MR) is 95.1 cm³/mol. The highest BCUT2D eigenvalue weighted by Gasteiger charge is 2.43. The fourth-order valence-corrected chi connectivity index (χ4v) is 4.54. The van der Waals surface area contributed by atoms with Crippen LogP contribution in [0.1, 0.15) is 25.0 Å². The fraction of sp³-hybridized carbons (Fsp3) is 0.647. The first-order valence-corrected chi connectivity index (χ1v) is 9.57. The lowest BCUT2D eigenvalue weighted by atomic mass is 9.86. The zero-order chi connectivity index (χ0) is 16.4. The molecule has 0 bridgehead atoms. The van der Waals surface area contributed by atoms with Gasteiger partial charge in [0, 0.05) is 50.4 Å². The highest BCUT2D eigenvalue weighted by Crippen LogP contribution is 2.37. The van der Waals surface area contributed by atoms with Crippen LogP contribution in [0, 0.1) is 5.92 Å². The average molecular weight is 347 g/mol. The van der Waals surface area contributed by atoms with Crippen molar-refractivity contribution in [3.63, 3.8) is 0 Å². The number of nitrogens with one attached hydrogen (secondary N) is 1. The Morgan fingerprint density at radius 2 is 2.46 bits per heavy atom. The van der Waals surface area contributed by atoms with Crippen molar-refractivity contribution in [2.75, 3.05) is 31.6 Å². The molecule has 0 saturated carbocycles. The van der Waals surface area contributed by atoms with Crippen LogP contribution >= 0.6 is 11.3 Å². The number of aryl methyl sites for hydroxylation is 1. The van der Waals surface area contributed by atoms with Gasteiger partial charge >= 0.3 is 0 Å². The minimum atomic E-state index is 0.0439. The summed E-state index contributed by atoms with van der Waals surface area (Å²) < 4.78 is 8.19. The molecule has 4 rings (SSSR count). The molecule has 0 aliphatic carbocycles. The van der Waals surface area contributed by atoms with Gasteiger partial charge in [0.15, 0.2) is 5.13 Å². The van der Waals surface area contributed by atoms with Crippen molar-refractivity contribution >= 4 is 16.5 Å². The molecule has 2 aromatic heterocycles. The zero-order valence-electron chi connectivity index (χ0n) is 14.1. The van der Waals surface area contributed by atoms with Gasteiger partial charge in [-0.05, 0) is 31.9 Å². The van der Waals surface area contributed by atoms with Crippen LogP contribution in [0.5, 0.6) is 0 Å². The van der Waals surface area contributed by atoms with Crippen LogP contribution in [-0.2, 0) is 18.3 Å². The Labute approximate surface area is 146 Å². The van der Waals surface area contributed by atoms with E-state index >= 15 is 0 Å². The Hall–Kier alpha value is -1.44. The first-order chi connectivity index (χ1) is 11.7. The van der Waals surface area contributed by atoms with Gasteiger partial charge in [-0.25, -0.2) is 4.98 Å². The summed E-state index contributed by atoms with van der Waals surface area (Å²) in [6.07, 6.45) is 7.39. The van der Waals surface area contributed by atoms with Crippen LogP contribution in [0.25, 0.3) is 0 Å². The number of rotatable bonds is 5. The second-order valence-electron chi connectivity index (χ2n) is 7.08. The van der Waals surface area contributed by atoms with Crippen LogP contribution in [-0.4, -0.2) is 51.5 Å². The number of aromatic nitrogens is 3. The minimum absolute atomic E-state index is 0.0439. The average Bonchev–Trinajstić information content (AvgIpc) is 3.29. The summed E-state index contributed by atoms with van der Waals surface area (Å²) in [6, 6.07) is 2.11. The number of hydrogen-bond donors (Lipinski definition) is 1. The van der Waals surface area contributed by atoms with Gasteiger partial charge in [0.05, 0.1) is 17.9 Å². The fourth-order valence-electron chi connectivity index (χ4n) is 4.00. The molecular formula is C17H25N5OS. The Bertz CT molecular complexity index is 658. The molecule has 4 heterocycles. The number of hydrogen-bond acceptors (Lipinski definition) is 6. The van der Waals surface area contributed by atoms with E-state index in [0.717, 1.165) is 50.0 Å². The SMILES string of the molecule is Cn1ccc(CN2CCCC3(CC(CNc4nccs4)CO3)C2)n1. The molecule has 1 N–H and O–H groups in total. The van der Waals surface area contributed by atoms with Crippen LogP contribution in [0.4, 0.5) is 5.13 Å². The summed E-state index contributed by atoms with van der Waals surface area (Å²) in [6.45, 7) is 4.90. The van der Waals surface area contributed by atoms with E-state index in [1.807, 2.05) is 29.5 Å². The van der Waals surface area contributed by atoms with E-state index < -0.39 is 0 Å². The topological polar surface area (TPSA) is 55.2 Å². The second-order valence-corrected chi connectivity index (χ2v) is 7.97. The van der Waals surface area contributed by atoms with Crippen molar-refractivity contribution < 1.29 is 4.74 Å². The van der Waals surface area contributed by atoms with Gasteiger partial charge in [-0.2, -0.15) is 5.10 Å². The maximum absolute atomic E-state index is 6.31. The first kappa shape index (κ1) is 16.1. The summed E-state index contributed by atoms with van der Waals surface area (Å²) in [5.74, 6) is 0.573. The van der Waals surface area contributed by atoms with E-state index in [4.69, 9.17) is 4.74 Å². The van der Waals surface area contributed by atoms with E-state index in [-0.39, 0.29) is 5.60 Å². The lowest BCUT2D eigenvalue weighted by molar-refractivity contribution is -0.0537. The van der Waals surface area contributed by atoms with Crippen molar-refractivity contribution in [3.05, 3.63) is 29.5 Å². The molecule has 2 saturated heterocycles. The largest absolute Gasteiger partial charge is 0.373 e. The maximum Gasteiger partial charge on any atom is 0.182 e. The summed E-state index contributed by atoms with van der Waals surface area (Å²) in [5, 5.41) is 11.0. The summed E-state index contributed by atoms with van der Waals surface area (Å²) in [4.78, 5) is 6.79. The number of piperidine rings is 1. The molecule has 0 aromatic carbocycles. The Morgan fingerprint density at radius 3 is 3.25 bits per heavy atom. The minimum Gasteiger partial charge on any atom is -0.373 e. The molecule has 130 valence electrons. The van der Waals surface area contributed by atoms with E-state index in [2.05, 4.69) is 26.4 Å². The lowest BCUT2D eigenvalue weighted by Gasteiger charge is -2.39. The van der Waals surface area contributed by atoms with Crippen LogP contribution in [0.15, 0.2) is 23.8 Å². The highest BCUT2D eigenvalue weighted by molar-refractivity contribution is 7.13. The van der Waals surface area contributed by atoms with Crippen LogP contribution in [0.2, 0.25) is 0 Å². The molecule has 0 amide bonds. The predicted octanol–water partition coefficient (Wildman–Crippen LogP) is 2.36. The third-order valence-corrected chi connectivity index (χ3v) is 5.76. The van der Waals surface area contributed by atoms with E-state index in [0.29, 0.717) is 5.92 Å². The Morgan fingerprint density at radius 1 is 1.50 bits per heavy atom. The zero-order valence-corrected chi connectivity index (χ0v) is 15.0. The van der Waals surface area contributed by atoms with Crippen molar-refractivity contribution in [2.45, 2.75) is 31.4 Å². The second kappa shape index (κ2) is 6.82. The van der Waals surface area contributed by atoms with Gasteiger partial charge < -0.3 is 10.1 Å². The number of thiazole rings is 1. The van der Waals surface area contributed by atoms with Gasteiger partial charge in [0.2, 0.25) is 0 Å². The maximum atomic E-state index is 6.31. The smallest absolute Gasteiger partial charge is 0.182 e. The number of ether oxygens (including phenoxy) is 1. The molecule has 2 atom stereocenters. The number of likely N-dealkylation sites (tertiary alicyclic amines) is 1. The molecule has 0 radical (unpaired) electrons. The van der Waals surface area contributed by atoms with E-state index in [9.17, 15) is 0 Å². The van der Waals surface area contributed by atoms with E-state index in [1.54, 1.807) is 11.3 Å². The molecule has 2 aliphatic heterocycles. The molecule has 2 aromatic rings. The molecule has 2 unspecified atom stereocenters. The Kier molecular flexibility index (Phi) is 4.56. The molecule has 2 aliphatic rings. The van der Waals surface area contributed by atoms with Crippen molar-refractivity contribution in [1.82, 2.24) is 19.7 Å². The molecule has 1 spiro atoms. The summed E-state index contributed by atoms with van der Waals surface area (Å²) in [5.41, 5.74) is 1.19. The molecule has 6 nitrogen and oxygen atoms in total. The van der Waals surface area contributed by atoms with Crippen LogP contribution < -0.4 is 5.32 Å². The quantitative estimate of drug-likeness (QED) is 0.900. The third kappa shape index (κ3) is 3.63. The van der Waals surface area contributed by atoms with Crippen molar-refractivity contribution in [1.29, 1.82) is 0 Å². The number of anilines is 1. The Balaban J connectivity index is 1.31. The number of nitrogens with zero attached hydrogens (tertiary/aromatic N) is 4. The monoisotopic (exact) mass is 347 g/mol. The third-order valence-electron chi connectivity index (χ3n) is 5.03. The standard InChI is InChI=1S/C17H25N5OS/c1-21-7-3-15(20-21)11-22-6-2-4-17(13-22)9-14(12-23-17)10-19-16-18-5-8-24-16/h3,5,7-8,14H,2,4,6,9-13H2,1H3,(H,18,19). The van der Waals surface area contributed by atoms with Crippen molar-refractivity contribution in [2.24, 2.45) is 13.0 Å². The van der Waals surface area contributed by atoms with Gasteiger partial charge in [-0.3, -0.25) is 9.58 Å².